The smallest absolute Gasteiger partial charge is 0.235 e. The SMILES string of the molecule is FCCCCc1cc(-c2ccn3c(n2)nc2ccccc23)ccc1F. The van der Waals surface area contributed by atoms with Crippen LogP contribution in [0.2, 0.25) is 0 Å². The van der Waals surface area contributed by atoms with Gasteiger partial charge in [-0.2, -0.15) is 0 Å². The summed E-state index contributed by atoms with van der Waals surface area (Å²) in [6.07, 6.45) is 3.54. The largest absolute Gasteiger partial charge is 0.284 e. The quantitative estimate of drug-likeness (QED) is 0.481. The molecule has 25 heavy (non-hydrogen) atoms. The van der Waals surface area contributed by atoms with E-state index in [1.54, 1.807) is 12.1 Å². The summed E-state index contributed by atoms with van der Waals surface area (Å²) < 4.78 is 28.2. The Bertz CT molecular complexity index is 1040. The molecular formula is C20H17F2N3. The molecule has 4 aromatic rings. The summed E-state index contributed by atoms with van der Waals surface area (Å²) in [5, 5.41) is 0. The van der Waals surface area contributed by atoms with Crippen LogP contribution in [0, 0.1) is 5.82 Å². The molecule has 0 bridgehead atoms. The summed E-state index contributed by atoms with van der Waals surface area (Å²) >= 11 is 0. The molecule has 2 heterocycles. The fourth-order valence-electron chi connectivity index (χ4n) is 3.04. The summed E-state index contributed by atoms with van der Waals surface area (Å²) in [5.74, 6) is 0.359. The summed E-state index contributed by atoms with van der Waals surface area (Å²) in [6.45, 7) is -0.368. The van der Waals surface area contributed by atoms with Gasteiger partial charge in [0.25, 0.3) is 0 Å². The average Bonchev–Trinajstić information content (AvgIpc) is 3.01. The minimum Gasteiger partial charge on any atom is -0.284 e. The van der Waals surface area contributed by atoms with E-state index in [9.17, 15) is 8.78 Å². The number of aryl methyl sites for hydroxylation is 1. The lowest BCUT2D eigenvalue weighted by Crippen LogP contribution is -1.95. The van der Waals surface area contributed by atoms with Crippen molar-refractivity contribution in [3.8, 4) is 11.3 Å². The highest BCUT2D eigenvalue weighted by Gasteiger charge is 2.09. The van der Waals surface area contributed by atoms with Gasteiger partial charge in [-0.3, -0.25) is 8.79 Å². The lowest BCUT2D eigenvalue weighted by atomic mass is 10.0. The van der Waals surface area contributed by atoms with Crippen LogP contribution in [0.4, 0.5) is 8.78 Å². The van der Waals surface area contributed by atoms with E-state index >= 15 is 0 Å². The van der Waals surface area contributed by atoms with Crippen LogP contribution >= 0.6 is 0 Å². The number of unbranched alkanes of at least 4 members (excludes halogenated alkanes) is 1. The molecule has 2 aromatic heterocycles. The van der Waals surface area contributed by atoms with Gasteiger partial charge in [0.05, 0.1) is 23.4 Å². The number of imidazole rings is 1. The standard InChI is InChI=1S/C20H17F2N3/c21-11-4-3-5-14-13-15(8-9-16(14)22)17-10-12-25-19-7-2-1-6-18(19)24-20(25)23-17/h1-2,6-10,12-13H,3-5,11H2. The Morgan fingerprint density at radius 1 is 0.960 bits per heavy atom. The Hall–Kier alpha value is -2.82. The van der Waals surface area contributed by atoms with E-state index in [-0.39, 0.29) is 12.5 Å². The predicted molar refractivity (Wildman–Crippen MR) is 94.8 cm³/mol. The monoisotopic (exact) mass is 337 g/mol. The third kappa shape index (κ3) is 2.97. The van der Waals surface area contributed by atoms with Crippen molar-refractivity contribution < 1.29 is 8.78 Å². The second-order valence-electron chi connectivity index (χ2n) is 6.04. The predicted octanol–water partition coefficient (Wildman–Crippen LogP) is 4.98. The van der Waals surface area contributed by atoms with Crippen LogP contribution in [0.1, 0.15) is 18.4 Å². The van der Waals surface area contributed by atoms with Crippen LogP contribution < -0.4 is 0 Å². The van der Waals surface area contributed by atoms with Crippen molar-refractivity contribution in [2.24, 2.45) is 0 Å². The number of rotatable bonds is 5. The van der Waals surface area contributed by atoms with Gasteiger partial charge >= 0.3 is 0 Å². The first kappa shape index (κ1) is 15.7. The van der Waals surface area contributed by atoms with Gasteiger partial charge in [0.1, 0.15) is 5.82 Å². The van der Waals surface area contributed by atoms with Crippen LogP contribution in [0.25, 0.3) is 28.1 Å². The fourth-order valence-corrected chi connectivity index (χ4v) is 3.04. The first-order chi connectivity index (χ1) is 12.3. The molecule has 0 saturated carbocycles. The van der Waals surface area contributed by atoms with Crippen molar-refractivity contribution in [1.82, 2.24) is 14.4 Å². The number of alkyl halides is 1. The van der Waals surface area contributed by atoms with Crippen molar-refractivity contribution in [2.75, 3.05) is 6.67 Å². The number of hydrogen-bond donors (Lipinski definition) is 0. The highest BCUT2D eigenvalue weighted by Crippen LogP contribution is 2.23. The molecule has 0 fully saturated rings. The van der Waals surface area contributed by atoms with Crippen LogP contribution in [0.3, 0.4) is 0 Å². The summed E-state index contributed by atoms with van der Waals surface area (Å²) in [5.41, 5.74) is 4.07. The molecule has 0 amide bonds. The third-order valence-electron chi connectivity index (χ3n) is 4.35. The topological polar surface area (TPSA) is 30.2 Å². The van der Waals surface area contributed by atoms with Crippen molar-refractivity contribution in [3.05, 3.63) is 66.1 Å². The molecular weight excluding hydrogens is 320 g/mol. The van der Waals surface area contributed by atoms with Gasteiger partial charge in [0.2, 0.25) is 5.78 Å². The number of benzene rings is 2. The third-order valence-corrected chi connectivity index (χ3v) is 4.35. The number of nitrogens with zero attached hydrogens (tertiary/aromatic N) is 3. The van der Waals surface area contributed by atoms with Gasteiger partial charge in [0.15, 0.2) is 0 Å². The van der Waals surface area contributed by atoms with Crippen LogP contribution in [-0.2, 0) is 6.42 Å². The van der Waals surface area contributed by atoms with E-state index in [1.807, 2.05) is 40.9 Å². The lowest BCUT2D eigenvalue weighted by Gasteiger charge is -2.07. The van der Waals surface area contributed by atoms with E-state index in [2.05, 4.69) is 9.97 Å². The molecule has 5 heteroatoms. The molecule has 0 N–H and O–H groups in total. The molecule has 0 aliphatic carbocycles. The molecule has 0 saturated heterocycles. The van der Waals surface area contributed by atoms with Gasteiger partial charge < -0.3 is 0 Å². The lowest BCUT2D eigenvalue weighted by molar-refractivity contribution is 0.460. The first-order valence-electron chi connectivity index (χ1n) is 8.35. The zero-order valence-corrected chi connectivity index (χ0v) is 13.6. The minimum absolute atomic E-state index is 0.254. The van der Waals surface area contributed by atoms with Crippen LogP contribution in [0.15, 0.2) is 54.7 Å². The molecule has 0 atom stereocenters. The second-order valence-corrected chi connectivity index (χ2v) is 6.04. The number of fused-ring (bicyclic) bond motifs is 3. The van der Waals surface area contributed by atoms with Crippen molar-refractivity contribution in [2.45, 2.75) is 19.3 Å². The van der Waals surface area contributed by atoms with Gasteiger partial charge in [-0.15, -0.1) is 0 Å². The molecule has 2 aromatic carbocycles. The number of hydrogen-bond acceptors (Lipinski definition) is 2. The van der Waals surface area contributed by atoms with E-state index in [0.717, 1.165) is 22.3 Å². The first-order valence-corrected chi connectivity index (χ1v) is 8.35. The Morgan fingerprint density at radius 3 is 2.72 bits per heavy atom. The Kier molecular flexibility index (Phi) is 4.14. The number of para-hydroxylation sites is 2. The van der Waals surface area contributed by atoms with E-state index in [0.29, 0.717) is 30.6 Å². The summed E-state index contributed by atoms with van der Waals surface area (Å²) in [6, 6.07) is 14.7. The van der Waals surface area contributed by atoms with Gasteiger partial charge in [0, 0.05) is 11.8 Å². The zero-order chi connectivity index (χ0) is 17.2. The number of halogens is 2. The minimum atomic E-state index is -0.368. The van der Waals surface area contributed by atoms with E-state index in [4.69, 9.17) is 0 Å². The Labute approximate surface area is 144 Å². The maximum atomic E-state index is 14.0. The molecule has 4 rings (SSSR count). The van der Waals surface area contributed by atoms with E-state index < -0.39 is 0 Å². The normalized spacial score (nSPS) is 11.4. The molecule has 0 aliphatic heterocycles. The maximum absolute atomic E-state index is 14.0. The highest BCUT2D eigenvalue weighted by molar-refractivity contribution is 5.80. The van der Waals surface area contributed by atoms with Crippen molar-refractivity contribution >= 4 is 16.8 Å². The highest BCUT2D eigenvalue weighted by atomic mass is 19.1. The van der Waals surface area contributed by atoms with Gasteiger partial charge in [-0.05, 0) is 61.2 Å². The zero-order valence-electron chi connectivity index (χ0n) is 13.6. The molecule has 3 nitrogen and oxygen atoms in total. The fraction of sp³-hybridized carbons (Fsp3) is 0.200. The summed E-state index contributed by atoms with van der Waals surface area (Å²) in [7, 11) is 0. The second kappa shape index (κ2) is 6.59. The molecule has 0 spiro atoms. The van der Waals surface area contributed by atoms with Gasteiger partial charge in [-0.1, -0.05) is 12.1 Å². The van der Waals surface area contributed by atoms with Crippen LogP contribution in [0.5, 0.6) is 0 Å². The number of aromatic nitrogens is 3. The molecule has 0 radical (unpaired) electrons. The van der Waals surface area contributed by atoms with Crippen molar-refractivity contribution in [3.63, 3.8) is 0 Å². The van der Waals surface area contributed by atoms with Gasteiger partial charge in [-0.25, -0.2) is 14.4 Å². The van der Waals surface area contributed by atoms with Crippen molar-refractivity contribution in [1.29, 1.82) is 0 Å². The average molecular weight is 337 g/mol. The Morgan fingerprint density at radius 2 is 1.84 bits per heavy atom. The van der Waals surface area contributed by atoms with Crippen LogP contribution in [-0.4, -0.2) is 21.0 Å². The molecule has 0 unspecified atom stereocenters. The molecule has 0 aliphatic rings. The maximum Gasteiger partial charge on any atom is 0.235 e. The summed E-state index contributed by atoms with van der Waals surface area (Å²) in [4.78, 5) is 9.16. The molecule has 126 valence electrons. The Balaban J connectivity index is 1.73. The van der Waals surface area contributed by atoms with E-state index in [1.165, 1.54) is 6.07 Å².